The molecule has 2 rings (SSSR count). The van der Waals surface area contributed by atoms with E-state index in [9.17, 15) is 0 Å². The lowest BCUT2D eigenvalue weighted by molar-refractivity contribution is 0.575. The minimum Gasteiger partial charge on any atom is -0.311 e. The Hall–Kier alpha value is -1.19. The molecule has 1 atom stereocenters. The lowest BCUT2D eigenvalue weighted by atomic mass is 10.0. The van der Waals surface area contributed by atoms with Gasteiger partial charge in [0.15, 0.2) is 0 Å². The summed E-state index contributed by atoms with van der Waals surface area (Å²) in [6.07, 6.45) is 3.89. The average Bonchev–Trinajstić information content (AvgIpc) is 2.46. The minimum absolute atomic E-state index is 0.251. The first-order chi connectivity index (χ1) is 9.22. The second kappa shape index (κ2) is 6.83. The molecule has 100 valence electrons. The number of rotatable bonds is 5. The molecule has 0 amide bonds. The van der Waals surface area contributed by atoms with Crippen LogP contribution in [0, 0.1) is 0 Å². The van der Waals surface area contributed by atoms with Gasteiger partial charge in [-0.25, -0.2) is 0 Å². The van der Waals surface area contributed by atoms with Gasteiger partial charge < -0.3 is 5.32 Å². The predicted molar refractivity (Wildman–Crippen MR) is 83.3 cm³/mol. The molecule has 0 saturated carbocycles. The fourth-order valence-corrected chi connectivity index (χ4v) is 2.33. The van der Waals surface area contributed by atoms with Gasteiger partial charge in [0, 0.05) is 10.7 Å². The zero-order chi connectivity index (χ0) is 13.7. The number of likely N-dealkylation sites (N-methyl/N-ethyl adjacent to an activating group) is 1. The lowest BCUT2D eigenvalue weighted by Crippen LogP contribution is -2.19. The Morgan fingerprint density at radius 2 is 1.79 bits per heavy atom. The van der Waals surface area contributed by atoms with Gasteiger partial charge in [0.1, 0.15) is 0 Å². The van der Waals surface area contributed by atoms with E-state index in [2.05, 4.69) is 63.5 Å². The van der Waals surface area contributed by atoms with Crippen LogP contribution in [-0.4, -0.2) is 12.0 Å². The van der Waals surface area contributed by atoms with Crippen LogP contribution in [-0.2, 0) is 12.8 Å². The maximum atomic E-state index is 4.47. The maximum Gasteiger partial charge on any atom is 0.0577 e. The molecule has 0 radical (unpaired) electrons. The van der Waals surface area contributed by atoms with Crippen molar-refractivity contribution in [3.05, 3.63) is 63.9 Å². The van der Waals surface area contributed by atoms with E-state index in [1.165, 1.54) is 11.1 Å². The molecule has 1 unspecified atom stereocenters. The van der Waals surface area contributed by atoms with Crippen LogP contribution in [0.5, 0.6) is 0 Å². The van der Waals surface area contributed by atoms with Crippen molar-refractivity contribution < 1.29 is 0 Å². The van der Waals surface area contributed by atoms with Crippen molar-refractivity contribution >= 4 is 15.9 Å². The Balaban J connectivity index is 2.11. The third-order valence-corrected chi connectivity index (χ3v) is 3.80. The van der Waals surface area contributed by atoms with Crippen molar-refractivity contribution in [1.82, 2.24) is 10.3 Å². The van der Waals surface area contributed by atoms with E-state index in [4.69, 9.17) is 0 Å². The molecular formula is C16H19BrN2. The van der Waals surface area contributed by atoms with Crippen LogP contribution in [0.1, 0.15) is 29.8 Å². The van der Waals surface area contributed by atoms with E-state index in [1.54, 1.807) is 0 Å². The fraction of sp³-hybridized carbons (Fsp3) is 0.312. The molecule has 0 fully saturated rings. The highest BCUT2D eigenvalue weighted by molar-refractivity contribution is 9.10. The van der Waals surface area contributed by atoms with Crippen molar-refractivity contribution in [2.75, 3.05) is 7.05 Å². The summed E-state index contributed by atoms with van der Waals surface area (Å²) in [6, 6.07) is 13.2. The standard InChI is InChI=1S/C16H19BrN2/c1-3-12-4-6-13(7-5-12)10-16(18-2)15-9-8-14(17)11-19-15/h4-9,11,16,18H,3,10H2,1-2H3. The van der Waals surface area contributed by atoms with Crippen LogP contribution in [0.25, 0.3) is 0 Å². The number of hydrogen-bond donors (Lipinski definition) is 1. The normalized spacial score (nSPS) is 12.4. The molecule has 2 nitrogen and oxygen atoms in total. The topological polar surface area (TPSA) is 24.9 Å². The van der Waals surface area contributed by atoms with E-state index in [0.29, 0.717) is 0 Å². The fourth-order valence-electron chi connectivity index (χ4n) is 2.09. The van der Waals surface area contributed by atoms with E-state index in [1.807, 2.05) is 19.3 Å². The third-order valence-electron chi connectivity index (χ3n) is 3.33. The van der Waals surface area contributed by atoms with E-state index in [-0.39, 0.29) is 6.04 Å². The zero-order valence-electron chi connectivity index (χ0n) is 11.4. The molecule has 0 bridgehead atoms. The molecule has 2 aromatic rings. The number of nitrogens with one attached hydrogen (secondary N) is 1. The lowest BCUT2D eigenvalue weighted by Gasteiger charge is -2.16. The molecule has 1 aromatic carbocycles. The van der Waals surface area contributed by atoms with Crippen molar-refractivity contribution in [2.45, 2.75) is 25.8 Å². The Bertz CT molecular complexity index is 505. The van der Waals surface area contributed by atoms with Gasteiger partial charge >= 0.3 is 0 Å². The Labute approximate surface area is 123 Å². The van der Waals surface area contributed by atoms with Gasteiger partial charge in [-0.2, -0.15) is 0 Å². The molecule has 0 saturated heterocycles. The summed E-state index contributed by atoms with van der Waals surface area (Å²) in [4.78, 5) is 4.47. The highest BCUT2D eigenvalue weighted by atomic mass is 79.9. The summed E-state index contributed by atoms with van der Waals surface area (Å²) < 4.78 is 1.01. The summed E-state index contributed by atoms with van der Waals surface area (Å²) in [5.41, 5.74) is 3.79. The van der Waals surface area contributed by atoms with Gasteiger partial charge in [0.2, 0.25) is 0 Å². The van der Waals surface area contributed by atoms with Gasteiger partial charge in [-0.1, -0.05) is 31.2 Å². The van der Waals surface area contributed by atoms with Crippen LogP contribution in [0.2, 0.25) is 0 Å². The van der Waals surface area contributed by atoms with Crippen molar-refractivity contribution in [1.29, 1.82) is 0 Å². The molecule has 1 N–H and O–H groups in total. The molecule has 0 aliphatic heterocycles. The smallest absolute Gasteiger partial charge is 0.0577 e. The Morgan fingerprint density at radius 1 is 1.11 bits per heavy atom. The summed E-state index contributed by atoms with van der Waals surface area (Å²) >= 11 is 3.42. The molecule has 0 spiro atoms. The zero-order valence-corrected chi connectivity index (χ0v) is 12.9. The maximum absolute atomic E-state index is 4.47. The molecule has 3 heteroatoms. The Kier molecular flexibility index (Phi) is 5.11. The van der Waals surface area contributed by atoms with E-state index < -0.39 is 0 Å². The van der Waals surface area contributed by atoms with Gasteiger partial charge in [-0.15, -0.1) is 0 Å². The van der Waals surface area contributed by atoms with Gasteiger partial charge in [0.05, 0.1) is 11.7 Å². The highest BCUT2D eigenvalue weighted by Gasteiger charge is 2.11. The van der Waals surface area contributed by atoms with Crippen molar-refractivity contribution in [2.24, 2.45) is 0 Å². The second-order valence-corrected chi connectivity index (χ2v) is 5.53. The number of nitrogens with zero attached hydrogens (tertiary/aromatic N) is 1. The molecule has 1 heterocycles. The van der Waals surface area contributed by atoms with Crippen LogP contribution >= 0.6 is 15.9 Å². The number of benzene rings is 1. The first-order valence-corrected chi connectivity index (χ1v) is 7.38. The summed E-state index contributed by atoms with van der Waals surface area (Å²) in [5.74, 6) is 0. The van der Waals surface area contributed by atoms with E-state index in [0.717, 1.165) is 23.0 Å². The number of halogens is 1. The number of aromatic nitrogens is 1. The Morgan fingerprint density at radius 3 is 2.32 bits per heavy atom. The van der Waals surface area contributed by atoms with Crippen molar-refractivity contribution in [3.8, 4) is 0 Å². The third kappa shape index (κ3) is 3.88. The first kappa shape index (κ1) is 14.2. The predicted octanol–water partition coefficient (Wildman–Crippen LogP) is 3.91. The van der Waals surface area contributed by atoms with Gasteiger partial charge in [-0.3, -0.25) is 4.98 Å². The average molecular weight is 319 g/mol. The monoisotopic (exact) mass is 318 g/mol. The molecular weight excluding hydrogens is 300 g/mol. The van der Waals surface area contributed by atoms with Gasteiger partial charge in [-0.05, 0) is 59.1 Å². The van der Waals surface area contributed by atoms with E-state index >= 15 is 0 Å². The van der Waals surface area contributed by atoms with Crippen LogP contribution in [0.15, 0.2) is 47.1 Å². The summed E-state index contributed by atoms with van der Waals surface area (Å²) in [6.45, 7) is 2.18. The molecule has 1 aromatic heterocycles. The molecule has 19 heavy (non-hydrogen) atoms. The highest BCUT2D eigenvalue weighted by Crippen LogP contribution is 2.18. The van der Waals surface area contributed by atoms with Gasteiger partial charge in [0.25, 0.3) is 0 Å². The minimum atomic E-state index is 0.251. The van der Waals surface area contributed by atoms with Crippen LogP contribution in [0.4, 0.5) is 0 Å². The SMILES string of the molecule is CCc1ccc(CC(NC)c2ccc(Br)cn2)cc1. The van der Waals surface area contributed by atoms with Crippen molar-refractivity contribution in [3.63, 3.8) is 0 Å². The molecule has 0 aliphatic carbocycles. The summed E-state index contributed by atoms with van der Waals surface area (Å²) in [7, 11) is 1.98. The molecule has 0 aliphatic rings. The number of pyridine rings is 1. The quantitative estimate of drug-likeness (QED) is 0.904. The van der Waals surface area contributed by atoms with Crippen LogP contribution < -0.4 is 5.32 Å². The first-order valence-electron chi connectivity index (χ1n) is 6.59. The second-order valence-electron chi connectivity index (χ2n) is 4.62. The number of hydrogen-bond acceptors (Lipinski definition) is 2. The van der Waals surface area contributed by atoms with Crippen LogP contribution in [0.3, 0.4) is 0 Å². The summed E-state index contributed by atoms with van der Waals surface area (Å²) in [5, 5.41) is 3.34. The number of aryl methyl sites for hydroxylation is 1. The largest absolute Gasteiger partial charge is 0.311 e.